The smallest absolute Gasteiger partial charge is 0.335 e. The van der Waals surface area contributed by atoms with Gasteiger partial charge in [0.05, 0.1) is 11.7 Å². The number of hydrogen-bond acceptors (Lipinski definition) is 3. The van der Waals surface area contributed by atoms with Crippen molar-refractivity contribution in [3.8, 4) is 5.75 Å². The second-order valence-corrected chi connectivity index (χ2v) is 5.84. The summed E-state index contributed by atoms with van der Waals surface area (Å²) in [5.41, 5.74) is 1.41. The van der Waals surface area contributed by atoms with Crippen LogP contribution in [0.5, 0.6) is 5.75 Å². The number of aromatic carboxylic acids is 1. The van der Waals surface area contributed by atoms with Gasteiger partial charge in [0, 0.05) is 0 Å². The van der Waals surface area contributed by atoms with E-state index in [9.17, 15) is 9.90 Å². The first-order valence-electron chi connectivity index (χ1n) is 7.19. The van der Waals surface area contributed by atoms with Crippen LogP contribution < -0.4 is 4.74 Å². The fraction of sp³-hybridized carbons (Fsp3) is 0.562. The molecule has 0 saturated carbocycles. The largest absolute Gasteiger partial charge is 0.491 e. The van der Waals surface area contributed by atoms with Gasteiger partial charge in [0.2, 0.25) is 0 Å². The van der Waals surface area contributed by atoms with Crippen molar-refractivity contribution < 1.29 is 14.6 Å². The zero-order chi connectivity index (χ0) is 14.7. The van der Waals surface area contributed by atoms with Crippen LogP contribution in [0.4, 0.5) is 0 Å². The Bertz CT molecular complexity index is 477. The summed E-state index contributed by atoms with van der Waals surface area (Å²) >= 11 is 0. The van der Waals surface area contributed by atoms with E-state index in [0.29, 0.717) is 17.2 Å². The van der Waals surface area contributed by atoms with Gasteiger partial charge in [-0.2, -0.15) is 0 Å². The molecular formula is C16H23NO3. The lowest BCUT2D eigenvalue weighted by atomic mass is 9.88. The maximum atomic E-state index is 11.3. The highest BCUT2D eigenvalue weighted by molar-refractivity contribution is 5.88. The fourth-order valence-electron chi connectivity index (χ4n) is 2.66. The van der Waals surface area contributed by atoms with Gasteiger partial charge in [-0.1, -0.05) is 0 Å². The van der Waals surface area contributed by atoms with Gasteiger partial charge in [0.25, 0.3) is 0 Å². The third-order valence-corrected chi connectivity index (χ3v) is 3.74. The van der Waals surface area contributed by atoms with Crippen molar-refractivity contribution in [1.29, 1.82) is 0 Å². The van der Waals surface area contributed by atoms with E-state index in [4.69, 9.17) is 4.74 Å². The second-order valence-electron chi connectivity index (χ2n) is 5.84. The van der Waals surface area contributed by atoms with Crippen molar-refractivity contribution in [3.63, 3.8) is 0 Å². The molecule has 1 N–H and O–H groups in total. The van der Waals surface area contributed by atoms with Crippen LogP contribution in [0.1, 0.15) is 48.5 Å². The minimum atomic E-state index is -0.895. The summed E-state index contributed by atoms with van der Waals surface area (Å²) in [6, 6.07) is 5.41. The van der Waals surface area contributed by atoms with E-state index in [1.165, 1.54) is 0 Å². The molecule has 0 atom stereocenters. The predicted molar refractivity (Wildman–Crippen MR) is 78.6 cm³/mol. The molecular weight excluding hydrogens is 254 g/mol. The highest BCUT2D eigenvalue weighted by atomic mass is 16.5. The van der Waals surface area contributed by atoms with E-state index in [0.717, 1.165) is 31.5 Å². The van der Waals surface area contributed by atoms with E-state index in [1.807, 2.05) is 19.9 Å². The van der Waals surface area contributed by atoms with Crippen LogP contribution in [0.2, 0.25) is 0 Å². The van der Waals surface area contributed by atoms with E-state index in [-0.39, 0.29) is 6.10 Å². The standard InChI is InChI=1S/C16H23NO3/c1-11(2)20-15-9-13(8-14(10-15)16(18)19)12-4-6-17(3)7-5-12/h8-12H,4-7H2,1-3H3,(H,18,19). The molecule has 1 aromatic carbocycles. The van der Waals surface area contributed by atoms with Crippen molar-refractivity contribution in [2.45, 2.75) is 38.7 Å². The number of nitrogens with zero attached hydrogens (tertiary/aromatic N) is 1. The third kappa shape index (κ3) is 3.73. The number of rotatable bonds is 4. The summed E-state index contributed by atoms with van der Waals surface area (Å²) in [5, 5.41) is 9.24. The molecule has 0 bridgehead atoms. The SMILES string of the molecule is CC(C)Oc1cc(C(=O)O)cc(C2CCN(C)CC2)c1. The molecule has 4 nitrogen and oxygen atoms in total. The maximum Gasteiger partial charge on any atom is 0.335 e. The Labute approximate surface area is 120 Å². The number of piperidine rings is 1. The lowest BCUT2D eigenvalue weighted by molar-refractivity contribution is 0.0696. The van der Waals surface area contributed by atoms with Crippen LogP contribution in [0, 0.1) is 0 Å². The maximum absolute atomic E-state index is 11.3. The molecule has 0 unspecified atom stereocenters. The Kier molecular flexibility index (Phi) is 4.65. The molecule has 20 heavy (non-hydrogen) atoms. The molecule has 0 aromatic heterocycles. The molecule has 0 radical (unpaired) electrons. The molecule has 4 heteroatoms. The van der Waals surface area contributed by atoms with Gasteiger partial charge in [-0.25, -0.2) is 4.79 Å². The Balaban J connectivity index is 2.26. The van der Waals surface area contributed by atoms with Gasteiger partial charge < -0.3 is 14.7 Å². The zero-order valence-corrected chi connectivity index (χ0v) is 12.4. The Morgan fingerprint density at radius 2 is 1.95 bits per heavy atom. The van der Waals surface area contributed by atoms with Crippen molar-refractivity contribution in [3.05, 3.63) is 29.3 Å². The van der Waals surface area contributed by atoms with Crippen molar-refractivity contribution >= 4 is 5.97 Å². The van der Waals surface area contributed by atoms with Gasteiger partial charge >= 0.3 is 5.97 Å². The average molecular weight is 277 g/mol. The third-order valence-electron chi connectivity index (χ3n) is 3.74. The summed E-state index contributed by atoms with van der Waals surface area (Å²) in [4.78, 5) is 13.6. The van der Waals surface area contributed by atoms with Gasteiger partial charge in [0.1, 0.15) is 5.75 Å². The zero-order valence-electron chi connectivity index (χ0n) is 12.4. The first-order valence-corrected chi connectivity index (χ1v) is 7.19. The molecule has 0 aliphatic carbocycles. The Morgan fingerprint density at radius 3 is 2.50 bits per heavy atom. The number of ether oxygens (including phenoxy) is 1. The van der Waals surface area contributed by atoms with E-state index < -0.39 is 5.97 Å². The molecule has 0 spiro atoms. The van der Waals surface area contributed by atoms with E-state index in [1.54, 1.807) is 12.1 Å². The average Bonchev–Trinajstić information content (AvgIpc) is 2.38. The summed E-state index contributed by atoms with van der Waals surface area (Å²) in [6.07, 6.45) is 2.19. The van der Waals surface area contributed by atoms with Gasteiger partial charge in [-0.15, -0.1) is 0 Å². The molecule has 1 saturated heterocycles. The quantitative estimate of drug-likeness (QED) is 0.919. The van der Waals surface area contributed by atoms with Crippen LogP contribution in [0.3, 0.4) is 0 Å². The molecule has 1 aromatic rings. The van der Waals surface area contributed by atoms with Gasteiger partial charge in [-0.05, 0) is 76.5 Å². The Morgan fingerprint density at radius 1 is 1.30 bits per heavy atom. The van der Waals surface area contributed by atoms with Crippen LogP contribution in [0.25, 0.3) is 0 Å². The molecule has 110 valence electrons. The van der Waals surface area contributed by atoms with Crippen molar-refractivity contribution in [1.82, 2.24) is 4.90 Å². The van der Waals surface area contributed by atoms with Crippen molar-refractivity contribution in [2.24, 2.45) is 0 Å². The summed E-state index contributed by atoms with van der Waals surface area (Å²) in [7, 11) is 2.12. The number of likely N-dealkylation sites (tertiary alicyclic amines) is 1. The number of carbonyl (C=O) groups is 1. The highest BCUT2D eigenvalue weighted by Crippen LogP contribution is 2.31. The molecule has 1 aliphatic rings. The first kappa shape index (κ1) is 14.9. The number of carboxylic acids is 1. The van der Waals surface area contributed by atoms with Crippen LogP contribution >= 0.6 is 0 Å². The molecule has 1 aliphatic heterocycles. The molecule has 1 heterocycles. The van der Waals surface area contributed by atoms with Crippen LogP contribution in [-0.4, -0.2) is 42.2 Å². The minimum Gasteiger partial charge on any atom is -0.491 e. The summed E-state index contributed by atoms with van der Waals surface area (Å²) in [6.45, 7) is 6.01. The fourth-order valence-corrected chi connectivity index (χ4v) is 2.66. The predicted octanol–water partition coefficient (Wildman–Crippen LogP) is 2.98. The molecule has 2 rings (SSSR count). The summed E-state index contributed by atoms with van der Waals surface area (Å²) < 4.78 is 5.68. The summed E-state index contributed by atoms with van der Waals surface area (Å²) in [5.74, 6) is 0.197. The van der Waals surface area contributed by atoms with Gasteiger partial charge in [-0.3, -0.25) is 0 Å². The number of hydrogen-bond donors (Lipinski definition) is 1. The van der Waals surface area contributed by atoms with Crippen molar-refractivity contribution in [2.75, 3.05) is 20.1 Å². The number of benzene rings is 1. The van der Waals surface area contributed by atoms with E-state index >= 15 is 0 Å². The lowest BCUT2D eigenvalue weighted by Crippen LogP contribution is -2.29. The first-order chi connectivity index (χ1) is 9.45. The second kappa shape index (κ2) is 6.27. The van der Waals surface area contributed by atoms with Gasteiger partial charge in [0.15, 0.2) is 0 Å². The monoisotopic (exact) mass is 277 g/mol. The van der Waals surface area contributed by atoms with Crippen LogP contribution in [-0.2, 0) is 0 Å². The Hall–Kier alpha value is -1.55. The molecule has 1 fully saturated rings. The normalized spacial score (nSPS) is 17.4. The minimum absolute atomic E-state index is 0.0457. The number of carboxylic acid groups (broad SMARTS) is 1. The van der Waals surface area contributed by atoms with E-state index in [2.05, 4.69) is 11.9 Å². The van der Waals surface area contributed by atoms with Crippen LogP contribution in [0.15, 0.2) is 18.2 Å². The highest BCUT2D eigenvalue weighted by Gasteiger charge is 2.20. The molecule has 0 amide bonds. The lowest BCUT2D eigenvalue weighted by Gasteiger charge is -2.29. The topological polar surface area (TPSA) is 49.8 Å².